The maximum absolute atomic E-state index is 11.4. The largest absolute Gasteiger partial charge is 0.493 e. The van der Waals surface area contributed by atoms with Gasteiger partial charge in [0.1, 0.15) is 5.75 Å². The first-order chi connectivity index (χ1) is 11.6. The number of nitrogens with two attached hydrogens (primary N) is 1. The lowest BCUT2D eigenvalue weighted by Crippen LogP contribution is -2.25. The highest BCUT2D eigenvalue weighted by molar-refractivity contribution is 7.92. The number of nitrogen functional groups attached to an aromatic ring is 1. The first kappa shape index (κ1) is 19.2. The molecule has 0 radical (unpaired) electrons. The van der Waals surface area contributed by atoms with E-state index in [9.17, 15) is 16.8 Å². The van der Waals surface area contributed by atoms with Crippen LogP contribution in [0.5, 0.6) is 5.75 Å². The van der Waals surface area contributed by atoms with E-state index < -0.39 is 20.1 Å². The molecule has 1 aromatic carbocycles. The van der Waals surface area contributed by atoms with Crippen LogP contribution in [0.3, 0.4) is 0 Å². The van der Waals surface area contributed by atoms with E-state index in [1.165, 1.54) is 4.68 Å². The zero-order chi connectivity index (χ0) is 18.7. The van der Waals surface area contributed by atoms with E-state index in [1.807, 2.05) is 0 Å². The normalized spacial score (nSPS) is 12.3. The first-order valence-corrected chi connectivity index (χ1v) is 10.7. The smallest absolute Gasteiger partial charge is 0.264 e. The van der Waals surface area contributed by atoms with E-state index in [2.05, 4.69) is 19.4 Å². The Balaban J connectivity index is 2.10. The minimum Gasteiger partial charge on any atom is -0.493 e. The molecule has 0 aliphatic rings. The van der Waals surface area contributed by atoms with Gasteiger partial charge in [-0.1, -0.05) is 0 Å². The van der Waals surface area contributed by atoms with E-state index >= 15 is 0 Å². The van der Waals surface area contributed by atoms with Crippen LogP contribution in [0.15, 0.2) is 18.2 Å². The van der Waals surface area contributed by atoms with Crippen LogP contribution in [0, 0.1) is 0 Å². The van der Waals surface area contributed by atoms with Crippen molar-refractivity contribution in [3.8, 4) is 5.75 Å². The Labute approximate surface area is 145 Å². The third-order valence-corrected chi connectivity index (χ3v) is 4.03. The predicted octanol–water partition coefficient (Wildman–Crippen LogP) is -0.430. The van der Waals surface area contributed by atoms with Gasteiger partial charge in [0.15, 0.2) is 0 Å². The number of fused-ring (bicyclic) bond motifs is 1. The Morgan fingerprint density at radius 2 is 1.92 bits per heavy atom. The summed E-state index contributed by atoms with van der Waals surface area (Å²) < 4.78 is 58.1. The summed E-state index contributed by atoms with van der Waals surface area (Å²) in [6, 6.07) is 4.91. The number of ether oxygens (including phenoxy) is 1. The van der Waals surface area contributed by atoms with Crippen molar-refractivity contribution in [3.63, 3.8) is 0 Å². The lowest BCUT2D eigenvalue weighted by Gasteiger charge is -2.09. The molecule has 0 bridgehead atoms. The average Bonchev–Trinajstić information content (AvgIpc) is 2.79. The number of sulfonamides is 1. The molecule has 13 heteroatoms. The van der Waals surface area contributed by atoms with Crippen LogP contribution in [-0.4, -0.2) is 52.2 Å². The molecule has 0 fully saturated rings. The Kier molecular flexibility index (Phi) is 5.72. The number of anilines is 1. The summed E-state index contributed by atoms with van der Waals surface area (Å²) >= 11 is 0. The number of hydrogen-bond donors (Lipinski definition) is 3. The van der Waals surface area contributed by atoms with Gasteiger partial charge in [-0.3, -0.25) is 14.4 Å². The van der Waals surface area contributed by atoms with Crippen molar-refractivity contribution in [2.75, 3.05) is 36.0 Å². The van der Waals surface area contributed by atoms with Gasteiger partial charge in [-0.2, -0.15) is 8.42 Å². The van der Waals surface area contributed by atoms with Crippen molar-refractivity contribution in [1.29, 1.82) is 0 Å². The average molecular weight is 393 g/mol. The molecule has 2 rings (SSSR count). The molecule has 4 N–H and O–H groups in total. The molecule has 0 amide bonds. The molecular formula is C12H19N5O6S2. The molecule has 1 heterocycles. The van der Waals surface area contributed by atoms with Crippen molar-refractivity contribution in [2.24, 2.45) is 5.84 Å². The Morgan fingerprint density at radius 3 is 2.52 bits per heavy atom. The summed E-state index contributed by atoms with van der Waals surface area (Å²) in [5, 5.41) is 0. The third-order valence-electron chi connectivity index (χ3n) is 2.89. The summed E-state index contributed by atoms with van der Waals surface area (Å²) in [7, 11) is -6.99. The summed E-state index contributed by atoms with van der Waals surface area (Å²) in [6.07, 6.45) is 2.35. The molecule has 0 atom stereocenters. The highest BCUT2D eigenvalue weighted by atomic mass is 32.2. The topological polar surface area (TPSA) is 155 Å². The predicted molar refractivity (Wildman–Crippen MR) is 92.7 cm³/mol. The molecule has 25 heavy (non-hydrogen) atoms. The molecular weight excluding hydrogens is 374 g/mol. The Morgan fingerprint density at radius 1 is 1.20 bits per heavy atom. The fraction of sp³-hybridized carbons (Fsp3) is 0.417. The molecule has 0 spiro atoms. The second kappa shape index (κ2) is 7.43. The van der Waals surface area contributed by atoms with Crippen molar-refractivity contribution >= 4 is 37.1 Å². The van der Waals surface area contributed by atoms with Gasteiger partial charge in [0.25, 0.3) is 10.1 Å². The van der Waals surface area contributed by atoms with Crippen molar-refractivity contribution < 1.29 is 25.8 Å². The summed E-state index contributed by atoms with van der Waals surface area (Å²) in [4.78, 5) is 4.13. The summed E-state index contributed by atoms with van der Waals surface area (Å²) in [6.45, 7) is 0.255. The van der Waals surface area contributed by atoms with E-state index in [1.54, 1.807) is 18.2 Å². The van der Waals surface area contributed by atoms with Gasteiger partial charge in [0, 0.05) is 12.5 Å². The van der Waals surface area contributed by atoms with E-state index in [4.69, 9.17) is 10.6 Å². The molecule has 0 aliphatic carbocycles. The van der Waals surface area contributed by atoms with E-state index in [0.717, 1.165) is 12.5 Å². The second-order valence-electron chi connectivity index (χ2n) is 5.15. The molecule has 11 nitrogen and oxygen atoms in total. The van der Waals surface area contributed by atoms with Crippen molar-refractivity contribution in [1.82, 2.24) is 9.66 Å². The molecule has 0 saturated carbocycles. The van der Waals surface area contributed by atoms with Gasteiger partial charge in [-0.05, 0) is 12.1 Å². The van der Waals surface area contributed by atoms with Crippen LogP contribution in [0.4, 0.5) is 5.95 Å². The van der Waals surface area contributed by atoms with Gasteiger partial charge in [0.05, 0.1) is 36.8 Å². The fourth-order valence-corrected chi connectivity index (χ4v) is 2.86. The Bertz CT molecular complexity index is 954. The van der Waals surface area contributed by atoms with Crippen molar-refractivity contribution in [2.45, 2.75) is 6.42 Å². The standard InChI is InChI=1S/C12H19N5O6S2/c1-24(18,19)15-12-14-10-5-4-9(8-11(10)17(12)16-13)22-6-3-7-23-25(2,20)21/h4-5,8,16H,3,6-7,13H2,1-2H3,(H,14,15). The SMILES string of the molecule is CS(=O)(=O)Nc1nc2ccc(OCCCOS(C)(=O)=O)cc2n1NN. The zero-order valence-corrected chi connectivity index (χ0v) is 15.2. The maximum Gasteiger partial charge on any atom is 0.264 e. The minimum atomic E-state index is -3.52. The van der Waals surface area contributed by atoms with Gasteiger partial charge < -0.3 is 4.74 Å². The van der Waals surface area contributed by atoms with E-state index in [-0.39, 0.29) is 19.2 Å². The van der Waals surface area contributed by atoms with Crippen LogP contribution < -0.4 is 20.8 Å². The summed E-state index contributed by atoms with van der Waals surface area (Å²) in [5.74, 6) is 5.93. The quantitative estimate of drug-likeness (QED) is 0.223. The van der Waals surface area contributed by atoms with Gasteiger partial charge in [-0.25, -0.2) is 23.9 Å². The molecule has 0 unspecified atom stereocenters. The second-order valence-corrected chi connectivity index (χ2v) is 8.55. The minimum absolute atomic E-state index is 0.0127. The molecule has 0 saturated heterocycles. The highest BCUT2D eigenvalue weighted by Crippen LogP contribution is 2.23. The molecule has 2 aromatic rings. The number of nitrogens with one attached hydrogen (secondary N) is 2. The van der Waals surface area contributed by atoms with Gasteiger partial charge >= 0.3 is 0 Å². The number of rotatable bonds is 9. The van der Waals surface area contributed by atoms with Crippen LogP contribution in [0.1, 0.15) is 6.42 Å². The monoisotopic (exact) mass is 393 g/mol. The molecule has 1 aromatic heterocycles. The molecule has 140 valence electrons. The summed E-state index contributed by atoms with van der Waals surface area (Å²) in [5.41, 5.74) is 3.34. The number of aromatic nitrogens is 2. The number of imidazole rings is 1. The number of benzene rings is 1. The van der Waals surface area contributed by atoms with Crippen LogP contribution in [0.2, 0.25) is 0 Å². The Hall–Kier alpha value is -2.09. The highest BCUT2D eigenvalue weighted by Gasteiger charge is 2.14. The lowest BCUT2D eigenvalue weighted by atomic mass is 10.3. The van der Waals surface area contributed by atoms with E-state index in [0.29, 0.717) is 23.2 Å². The van der Waals surface area contributed by atoms with Gasteiger partial charge in [-0.15, -0.1) is 0 Å². The maximum atomic E-state index is 11.4. The number of hydrazine groups is 1. The van der Waals surface area contributed by atoms with Gasteiger partial charge in [0.2, 0.25) is 16.0 Å². The number of hydrogen-bond acceptors (Lipinski definition) is 9. The molecule has 0 aliphatic heterocycles. The van der Waals surface area contributed by atoms with Crippen LogP contribution >= 0.6 is 0 Å². The zero-order valence-electron chi connectivity index (χ0n) is 13.6. The van der Waals surface area contributed by atoms with Crippen LogP contribution in [-0.2, 0) is 24.3 Å². The first-order valence-electron chi connectivity index (χ1n) is 7.03. The lowest BCUT2D eigenvalue weighted by molar-refractivity contribution is 0.252. The van der Waals surface area contributed by atoms with Crippen LogP contribution in [0.25, 0.3) is 11.0 Å². The number of nitrogens with zero attached hydrogens (tertiary/aromatic N) is 2. The third kappa shape index (κ3) is 5.74. The fourth-order valence-electron chi connectivity index (χ4n) is 1.97. The van der Waals surface area contributed by atoms with Crippen molar-refractivity contribution in [3.05, 3.63) is 18.2 Å².